The lowest BCUT2D eigenvalue weighted by molar-refractivity contribution is 0.0269. The Morgan fingerprint density at radius 3 is 2.61 bits per heavy atom. The largest absolute Gasteiger partial charge is 0.444 e. The smallest absolute Gasteiger partial charge is 0.410 e. The Bertz CT molecular complexity index is 632. The highest BCUT2D eigenvalue weighted by atomic mass is 16.6. The van der Waals surface area contributed by atoms with Crippen LogP contribution in [0, 0.1) is 23.2 Å². The number of carbonyl (C=O) groups is 1. The van der Waals surface area contributed by atoms with Gasteiger partial charge in [0, 0.05) is 25.7 Å². The van der Waals surface area contributed by atoms with E-state index in [1.54, 1.807) is 0 Å². The van der Waals surface area contributed by atoms with Gasteiger partial charge < -0.3 is 15.0 Å². The number of piperidine rings is 1. The van der Waals surface area contributed by atoms with Gasteiger partial charge in [0.15, 0.2) is 0 Å². The van der Waals surface area contributed by atoms with Crippen molar-refractivity contribution in [2.75, 3.05) is 13.1 Å². The fraction of sp³-hybridized carbons (Fsp3) is 0.556. The number of fused-ring (bicyclic) bond motifs is 1. The highest BCUT2D eigenvalue weighted by Gasteiger charge is 2.56. The van der Waals surface area contributed by atoms with Gasteiger partial charge in [-0.2, -0.15) is 5.26 Å². The molecule has 5 heteroatoms. The Morgan fingerprint density at radius 2 is 2.00 bits per heavy atom. The highest BCUT2D eigenvalue weighted by Crippen LogP contribution is 2.45. The van der Waals surface area contributed by atoms with Crippen LogP contribution in [-0.4, -0.2) is 35.7 Å². The first kappa shape index (κ1) is 15.8. The van der Waals surface area contributed by atoms with E-state index in [0.717, 1.165) is 24.2 Å². The lowest BCUT2D eigenvalue weighted by atomic mass is 10.1. The minimum Gasteiger partial charge on any atom is -0.444 e. The molecular formula is C18H23N3O2. The van der Waals surface area contributed by atoms with Crippen LogP contribution in [0.4, 0.5) is 4.79 Å². The maximum atomic E-state index is 12.0. The summed E-state index contributed by atoms with van der Waals surface area (Å²) in [6.07, 6.45) is -0.210. The highest BCUT2D eigenvalue weighted by molar-refractivity contribution is 5.69. The van der Waals surface area contributed by atoms with Crippen LogP contribution >= 0.6 is 0 Å². The first-order chi connectivity index (χ1) is 10.9. The molecule has 23 heavy (non-hydrogen) atoms. The van der Waals surface area contributed by atoms with Gasteiger partial charge in [-0.1, -0.05) is 18.2 Å². The second-order valence-electron chi connectivity index (χ2n) is 7.39. The van der Waals surface area contributed by atoms with E-state index < -0.39 is 5.60 Å². The second-order valence-corrected chi connectivity index (χ2v) is 7.39. The molecule has 1 aliphatic heterocycles. The van der Waals surface area contributed by atoms with Crippen LogP contribution in [0.15, 0.2) is 24.3 Å². The summed E-state index contributed by atoms with van der Waals surface area (Å²) < 4.78 is 5.42. The number of nitrogens with zero attached hydrogens (tertiary/aromatic N) is 2. The molecule has 1 aliphatic carbocycles. The number of likely N-dealkylation sites (tertiary alicyclic amines) is 1. The summed E-state index contributed by atoms with van der Waals surface area (Å²) in [6.45, 7) is 7.89. The van der Waals surface area contributed by atoms with Gasteiger partial charge in [-0.15, -0.1) is 0 Å². The third-order valence-electron chi connectivity index (χ3n) is 4.51. The summed E-state index contributed by atoms with van der Waals surface area (Å²) in [5.74, 6) is 1.02. The minimum absolute atomic E-state index is 0.210. The molecule has 3 rings (SSSR count). The molecule has 0 spiro atoms. The number of rotatable bonds is 3. The summed E-state index contributed by atoms with van der Waals surface area (Å²) >= 11 is 0. The van der Waals surface area contributed by atoms with Crippen LogP contribution in [0.1, 0.15) is 31.9 Å². The summed E-state index contributed by atoms with van der Waals surface area (Å²) in [5, 5.41) is 12.6. The van der Waals surface area contributed by atoms with E-state index in [-0.39, 0.29) is 6.09 Å². The third-order valence-corrected chi connectivity index (χ3v) is 4.51. The van der Waals surface area contributed by atoms with Crippen molar-refractivity contribution in [3.05, 3.63) is 35.4 Å². The standard InChI is InChI=1S/C18H23N3O2/c1-18(2,3)23-17(22)21-10-14-15(11-21)16(14)20-9-13-7-5-4-6-12(13)8-19/h4-7,14-16,20H,9-11H2,1-3H3. The molecule has 1 saturated carbocycles. The molecule has 1 amide bonds. The van der Waals surface area contributed by atoms with Gasteiger partial charge in [0.2, 0.25) is 0 Å². The van der Waals surface area contributed by atoms with Gasteiger partial charge in [0.1, 0.15) is 5.60 Å². The summed E-state index contributed by atoms with van der Waals surface area (Å²) in [7, 11) is 0. The van der Waals surface area contributed by atoms with E-state index in [1.165, 1.54) is 0 Å². The van der Waals surface area contributed by atoms with Crippen LogP contribution in [0.2, 0.25) is 0 Å². The number of amides is 1. The first-order valence-corrected chi connectivity index (χ1v) is 8.08. The lowest BCUT2D eigenvalue weighted by Gasteiger charge is -2.26. The van der Waals surface area contributed by atoms with Crippen LogP contribution in [0.3, 0.4) is 0 Å². The quantitative estimate of drug-likeness (QED) is 0.931. The van der Waals surface area contributed by atoms with Crippen molar-refractivity contribution in [3.63, 3.8) is 0 Å². The molecule has 2 atom stereocenters. The zero-order valence-electron chi connectivity index (χ0n) is 13.9. The predicted molar refractivity (Wildman–Crippen MR) is 86.6 cm³/mol. The zero-order chi connectivity index (χ0) is 16.6. The van der Waals surface area contributed by atoms with E-state index in [9.17, 15) is 4.79 Å². The Morgan fingerprint density at radius 1 is 1.35 bits per heavy atom. The van der Waals surface area contributed by atoms with Crippen molar-refractivity contribution in [2.45, 2.75) is 39.0 Å². The van der Waals surface area contributed by atoms with Crippen molar-refractivity contribution < 1.29 is 9.53 Å². The van der Waals surface area contributed by atoms with E-state index in [2.05, 4.69) is 11.4 Å². The van der Waals surface area contributed by atoms with Crippen LogP contribution in [0.25, 0.3) is 0 Å². The van der Waals surface area contributed by atoms with Crippen molar-refractivity contribution in [3.8, 4) is 6.07 Å². The van der Waals surface area contributed by atoms with Gasteiger partial charge in [0.25, 0.3) is 0 Å². The van der Waals surface area contributed by atoms with E-state index >= 15 is 0 Å². The average Bonchev–Trinajstić information content (AvgIpc) is 2.93. The van der Waals surface area contributed by atoms with Crippen LogP contribution < -0.4 is 5.32 Å². The molecule has 2 unspecified atom stereocenters. The Labute approximate surface area is 137 Å². The van der Waals surface area contributed by atoms with E-state index in [0.29, 0.717) is 24.4 Å². The maximum absolute atomic E-state index is 12.0. The molecule has 1 aromatic rings. The fourth-order valence-electron chi connectivity index (χ4n) is 3.32. The molecule has 1 aromatic carbocycles. The summed E-state index contributed by atoms with van der Waals surface area (Å²) in [6, 6.07) is 10.3. The Balaban J connectivity index is 1.48. The third kappa shape index (κ3) is 3.48. The number of benzene rings is 1. The van der Waals surface area contributed by atoms with Crippen LogP contribution in [-0.2, 0) is 11.3 Å². The molecule has 0 bridgehead atoms. The summed E-state index contributed by atoms with van der Waals surface area (Å²) in [5.41, 5.74) is 1.31. The van der Waals surface area contributed by atoms with Crippen molar-refractivity contribution in [1.82, 2.24) is 10.2 Å². The molecule has 1 saturated heterocycles. The van der Waals surface area contributed by atoms with Crippen molar-refractivity contribution in [2.24, 2.45) is 11.8 Å². The zero-order valence-corrected chi connectivity index (χ0v) is 13.9. The molecule has 5 nitrogen and oxygen atoms in total. The minimum atomic E-state index is -0.442. The number of nitriles is 1. The number of ether oxygens (including phenoxy) is 1. The molecule has 2 aliphatic rings. The molecule has 0 radical (unpaired) electrons. The fourth-order valence-corrected chi connectivity index (χ4v) is 3.32. The van der Waals surface area contributed by atoms with Crippen molar-refractivity contribution in [1.29, 1.82) is 5.26 Å². The molecule has 1 heterocycles. The second kappa shape index (κ2) is 5.86. The molecule has 1 N–H and O–H groups in total. The molecular weight excluding hydrogens is 290 g/mol. The number of hydrogen-bond acceptors (Lipinski definition) is 4. The van der Waals surface area contributed by atoms with E-state index in [1.807, 2.05) is 49.9 Å². The Kier molecular flexibility index (Phi) is 4.03. The van der Waals surface area contributed by atoms with Gasteiger partial charge in [-0.05, 0) is 44.2 Å². The van der Waals surface area contributed by atoms with Gasteiger partial charge in [-0.25, -0.2) is 4.79 Å². The molecule has 122 valence electrons. The SMILES string of the molecule is CC(C)(C)OC(=O)N1CC2C(C1)C2NCc1ccccc1C#N. The first-order valence-electron chi connectivity index (χ1n) is 8.08. The number of hydrogen-bond donors (Lipinski definition) is 1. The van der Waals surface area contributed by atoms with Gasteiger partial charge >= 0.3 is 6.09 Å². The maximum Gasteiger partial charge on any atom is 0.410 e. The number of nitrogens with one attached hydrogen (secondary N) is 1. The Hall–Kier alpha value is -2.06. The molecule has 0 aromatic heterocycles. The molecule has 2 fully saturated rings. The number of carbonyl (C=O) groups excluding carboxylic acids is 1. The predicted octanol–water partition coefficient (Wildman–Crippen LogP) is 2.51. The topological polar surface area (TPSA) is 65.4 Å². The lowest BCUT2D eigenvalue weighted by Crippen LogP contribution is -2.39. The average molecular weight is 313 g/mol. The summed E-state index contributed by atoms with van der Waals surface area (Å²) in [4.78, 5) is 13.9. The van der Waals surface area contributed by atoms with Crippen LogP contribution in [0.5, 0.6) is 0 Å². The van der Waals surface area contributed by atoms with Gasteiger partial charge in [0.05, 0.1) is 11.6 Å². The van der Waals surface area contributed by atoms with Crippen molar-refractivity contribution >= 4 is 6.09 Å². The van der Waals surface area contributed by atoms with E-state index in [4.69, 9.17) is 10.00 Å². The normalized spacial score (nSPS) is 25.7. The van der Waals surface area contributed by atoms with Gasteiger partial charge in [-0.3, -0.25) is 0 Å². The monoisotopic (exact) mass is 313 g/mol.